The summed E-state index contributed by atoms with van der Waals surface area (Å²) in [6.07, 6.45) is -0.836. The number of rotatable bonds is 8. The Labute approximate surface area is 237 Å². The van der Waals surface area contributed by atoms with Gasteiger partial charge in [-0.25, -0.2) is 4.79 Å². The van der Waals surface area contributed by atoms with Crippen LogP contribution in [0.25, 0.3) is 0 Å². The molecule has 1 aliphatic heterocycles. The van der Waals surface area contributed by atoms with E-state index >= 15 is 0 Å². The summed E-state index contributed by atoms with van der Waals surface area (Å²) in [5.74, 6) is 0.945. The van der Waals surface area contributed by atoms with Gasteiger partial charge in [-0.2, -0.15) is 0 Å². The number of aromatic amines is 1. The van der Waals surface area contributed by atoms with E-state index in [1.807, 2.05) is 78.9 Å². The fourth-order valence-corrected chi connectivity index (χ4v) is 5.93. The average Bonchev–Trinajstić information content (AvgIpc) is 3.28. The van der Waals surface area contributed by atoms with E-state index in [-0.39, 0.29) is 11.2 Å². The predicted molar refractivity (Wildman–Crippen MR) is 153 cm³/mol. The highest BCUT2D eigenvalue weighted by atomic mass is 32.1. The van der Waals surface area contributed by atoms with Crippen LogP contribution in [0.3, 0.4) is 0 Å². The molecule has 4 aromatic rings. The first kappa shape index (κ1) is 27.8. The predicted octanol–water partition coefficient (Wildman–Crippen LogP) is 4.19. The fraction of sp³-hybridized carbons (Fsp3) is 0.290. The van der Waals surface area contributed by atoms with Crippen molar-refractivity contribution in [1.82, 2.24) is 9.55 Å². The Bertz CT molecular complexity index is 1520. The summed E-state index contributed by atoms with van der Waals surface area (Å²) in [5.41, 5.74) is 1.90. The van der Waals surface area contributed by atoms with Gasteiger partial charge in [0.15, 0.2) is 0 Å². The van der Waals surface area contributed by atoms with Gasteiger partial charge in [-0.05, 0) is 41.0 Å². The molecule has 0 amide bonds. The lowest BCUT2D eigenvalue weighted by Gasteiger charge is -2.37. The number of benzene rings is 3. The van der Waals surface area contributed by atoms with Crippen molar-refractivity contribution in [3.8, 4) is 11.5 Å². The van der Waals surface area contributed by atoms with Crippen molar-refractivity contribution in [2.45, 2.75) is 30.8 Å². The molecule has 0 spiro atoms. The van der Waals surface area contributed by atoms with Crippen LogP contribution in [0.2, 0.25) is 0 Å². The van der Waals surface area contributed by atoms with Crippen molar-refractivity contribution in [1.29, 1.82) is 0 Å². The molecule has 0 aliphatic carbocycles. The van der Waals surface area contributed by atoms with E-state index in [1.165, 1.54) is 4.57 Å². The molecule has 5 rings (SSSR count). The summed E-state index contributed by atoms with van der Waals surface area (Å²) in [5, 5.41) is 20.4. The molecule has 3 N–H and O–H groups in total. The molecule has 40 heavy (non-hydrogen) atoms. The van der Waals surface area contributed by atoms with Gasteiger partial charge >= 0.3 is 5.69 Å². The minimum atomic E-state index is -0.973. The van der Waals surface area contributed by atoms with Gasteiger partial charge in [0.1, 0.15) is 28.5 Å². The normalized spacial score (nSPS) is 20.8. The minimum Gasteiger partial charge on any atom is -0.497 e. The molecule has 9 heteroatoms. The van der Waals surface area contributed by atoms with Crippen LogP contribution >= 0.6 is 12.2 Å². The second-order valence-electron chi connectivity index (χ2n) is 9.88. The molecular formula is C31H32N2O6S. The zero-order chi connectivity index (χ0) is 28.4. The first-order chi connectivity index (χ1) is 19.3. The highest BCUT2D eigenvalue weighted by Gasteiger charge is 2.44. The lowest BCUT2D eigenvalue weighted by molar-refractivity contribution is -0.0477. The Hall–Kier alpha value is -3.76. The number of hydrogen-bond donors (Lipinski definition) is 3. The van der Waals surface area contributed by atoms with Crippen LogP contribution in [-0.2, 0) is 10.2 Å². The van der Waals surface area contributed by atoms with E-state index in [0.717, 1.165) is 16.7 Å². The van der Waals surface area contributed by atoms with Crippen molar-refractivity contribution in [3.63, 3.8) is 0 Å². The largest absolute Gasteiger partial charge is 0.497 e. The first-order valence-corrected chi connectivity index (χ1v) is 13.4. The molecule has 2 unspecified atom stereocenters. The van der Waals surface area contributed by atoms with Gasteiger partial charge in [0.25, 0.3) is 0 Å². The molecular weight excluding hydrogens is 528 g/mol. The molecule has 1 fully saturated rings. The number of nitrogens with zero attached hydrogens (tertiary/aromatic N) is 1. The van der Waals surface area contributed by atoms with Gasteiger partial charge in [0, 0.05) is 17.7 Å². The van der Waals surface area contributed by atoms with Gasteiger partial charge in [-0.15, -0.1) is 0 Å². The highest BCUT2D eigenvalue weighted by molar-refractivity contribution is 7.71. The van der Waals surface area contributed by atoms with Crippen LogP contribution in [0.4, 0.5) is 0 Å². The van der Waals surface area contributed by atoms with Crippen LogP contribution in [0.15, 0.2) is 89.9 Å². The molecule has 1 aliphatic rings. The van der Waals surface area contributed by atoms with Crippen LogP contribution in [0.1, 0.15) is 35.4 Å². The number of aromatic nitrogens is 2. The van der Waals surface area contributed by atoms with E-state index in [9.17, 15) is 15.0 Å². The molecule has 0 saturated carbocycles. The summed E-state index contributed by atoms with van der Waals surface area (Å²) in [7, 11) is 3.23. The minimum absolute atomic E-state index is 0.265. The molecule has 208 valence electrons. The molecule has 8 nitrogen and oxygen atoms in total. The second kappa shape index (κ2) is 11.4. The maximum Gasteiger partial charge on any atom is 0.328 e. The molecule has 4 atom stereocenters. The number of aliphatic hydroxyl groups excluding tert-OH is 2. The van der Waals surface area contributed by atoms with Crippen molar-refractivity contribution in [3.05, 3.63) is 122 Å². The molecule has 1 saturated heterocycles. The van der Waals surface area contributed by atoms with Crippen molar-refractivity contribution in [2.75, 3.05) is 20.8 Å². The van der Waals surface area contributed by atoms with Gasteiger partial charge in [-0.3, -0.25) is 9.55 Å². The number of methoxy groups -OCH3 is 2. The quantitative estimate of drug-likeness (QED) is 0.219. The molecule has 0 radical (unpaired) electrons. The Balaban J connectivity index is 1.85. The van der Waals surface area contributed by atoms with Crippen LogP contribution in [-0.4, -0.2) is 52.8 Å². The molecule has 1 aromatic heterocycles. The topological polar surface area (TPSA) is 106 Å². The number of H-pyrrole nitrogens is 1. The van der Waals surface area contributed by atoms with Crippen LogP contribution in [0, 0.1) is 10.6 Å². The zero-order valence-electron chi connectivity index (χ0n) is 22.5. The van der Waals surface area contributed by atoms with E-state index in [2.05, 4.69) is 4.98 Å². The first-order valence-electron chi connectivity index (χ1n) is 13.0. The Morgan fingerprint density at radius 2 is 1.45 bits per heavy atom. The zero-order valence-corrected chi connectivity index (χ0v) is 23.3. The maximum absolute atomic E-state index is 13.3. The number of aliphatic hydroxyl groups is 2. The summed E-state index contributed by atoms with van der Waals surface area (Å²) in [4.78, 5) is 16.2. The third-order valence-electron chi connectivity index (χ3n) is 7.76. The second-order valence-corrected chi connectivity index (χ2v) is 10.3. The summed E-state index contributed by atoms with van der Waals surface area (Å²) in [6, 6.07) is 25.4. The molecule has 3 aromatic carbocycles. The van der Waals surface area contributed by atoms with E-state index in [4.69, 9.17) is 26.4 Å². The lowest BCUT2D eigenvalue weighted by Crippen LogP contribution is -2.37. The van der Waals surface area contributed by atoms with Crippen LogP contribution < -0.4 is 15.2 Å². The summed E-state index contributed by atoms with van der Waals surface area (Å²) < 4.78 is 18.6. The third kappa shape index (κ3) is 4.65. The van der Waals surface area contributed by atoms with E-state index < -0.39 is 35.5 Å². The third-order valence-corrected chi connectivity index (χ3v) is 8.08. The van der Waals surface area contributed by atoms with Crippen molar-refractivity contribution < 1.29 is 24.4 Å². The smallest absolute Gasteiger partial charge is 0.328 e. The standard InChI is InChI=1S/C31H32N2O6S/c1-19-27(35)26(18-34)39-29(19)33-17-25(28(40)32-30(33)36)31(20-7-5-4-6-8-20,21-9-13-23(37-2)14-10-21)22-11-15-24(38-3)16-12-22/h4-17,19,26-27,29,34-35H,18H2,1-3H3,(H,32,36,40)/t19?,26-,27?,29-/m0/s1. The number of hydrogen-bond acceptors (Lipinski definition) is 7. The lowest BCUT2D eigenvalue weighted by atomic mass is 9.66. The summed E-state index contributed by atoms with van der Waals surface area (Å²) >= 11 is 5.87. The molecule has 2 heterocycles. The monoisotopic (exact) mass is 560 g/mol. The van der Waals surface area contributed by atoms with Gasteiger partial charge < -0.3 is 24.4 Å². The maximum atomic E-state index is 13.3. The van der Waals surface area contributed by atoms with E-state index in [1.54, 1.807) is 27.3 Å². The Morgan fingerprint density at radius 1 is 0.925 bits per heavy atom. The Morgan fingerprint density at radius 3 is 1.93 bits per heavy atom. The number of ether oxygens (including phenoxy) is 3. The molecule has 0 bridgehead atoms. The Kier molecular flexibility index (Phi) is 7.91. The fourth-order valence-electron chi connectivity index (χ4n) is 5.64. The summed E-state index contributed by atoms with van der Waals surface area (Å²) in [6.45, 7) is 1.42. The van der Waals surface area contributed by atoms with Gasteiger partial charge in [-0.1, -0.05) is 73.7 Å². The SMILES string of the molecule is COc1ccc(C(c2ccccc2)(c2ccc(OC)cc2)c2cn([C@H]3O[C@@H](CO)C(O)C3C)c(=O)[nH]c2=S)cc1. The van der Waals surface area contributed by atoms with E-state index in [0.29, 0.717) is 17.1 Å². The highest BCUT2D eigenvalue weighted by Crippen LogP contribution is 2.46. The van der Waals surface area contributed by atoms with Gasteiger partial charge in [0.05, 0.1) is 32.3 Å². The van der Waals surface area contributed by atoms with Gasteiger partial charge in [0.2, 0.25) is 0 Å². The number of nitrogens with one attached hydrogen (secondary N) is 1. The average molecular weight is 561 g/mol. The van der Waals surface area contributed by atoms with Crippen molar-refractivity contribution in [2.24, 2.45) is 5.92 Å². The van der Waals surface area contributed by atoms with Crippen LogP contribution in [0.5, 0.6) is 11.5 Å². The van der Waals surface area contributed by atoms with Crippen molar-refractivity contribution >= 4 is 12.2 Å².